The molecule has 5 nitrogen and oxygen atoms in total. The Morgan fingerprint density at radius 2 is 2.09 bits per heavy atom. The molecular weight excluding hydrogens is 296 g/mol. The van der Waals surface area contributed by atoms with Crippen LogP contribution in [0.5, 0.6) is 0 Å². The van der Waals surface area contributed by atoms with Crippen LogP contribution in [0.25, 0.3) is 5.69 Å². The summed E-state index contributed by atoms with van der Waals surface area (Å²) in [5.41, 5.74) is 1.54. The molecule has 6 heteroatoms. The van der Waals surface area contributed by atoms with Crippen molar-refractivity contribution in [3.05, 3.63) is 65.1 Å². The van der Waals surface area contributed by atoms with Gasteiger partial charge in [-0.05, 0) is 36.6 Å². The van der Waals surface area contributed by atoms with Crippen LogP contribution >= 0.6 is 11.3 Å². The maximum atomic E-state index is 12.2. The van der Waals surface area contributed by atoms with Gasteiger partial charge in [-0.1, -0.05) is 18.2 Å². The lowest BCUT2D eigenvalue weighted by Crippen LogP contribution is -2.31. The van der Waals surface area contributed by atoms with E-state index >= 15 is 0 Å². The number of amides is 2. The first kappa shape index (κ1) is 14.3. The Hall–Kier alpha value is -2.60. The first-order chi connectivity index (χ1) is 10.7. The highest BCUT2D eigenvalue weighted by atomic mass is 32.1. The van der Waals surface area contributed by atoms with Gasteiger partial charge < -0.3 is 10.6 Å². The van der Waals surface area contributed by atoms with E-state index in [2.05, 4.69) is 15.7 Å². The zero-order valence-corrected chi connectivity index (χ0v) is 12.9. The SMILES string of the molecule is CC(NC(=O)Nc1ccccc1-n1cccn1)c1cccs1. The summed E-state index contributed by atoms with van der Waals surface area (Å²) in [6, 6.07) is 13.1. The number of para-hydroxylation sites is 2. The van der Waals surface area contributed by atoms with Gasteiger partial charge in [0.25, 0.3) is 0 Å². The van der Waals surface area contributed by atoms with Gasteiger partial charge in [0.2, 0.25) is 0 Å². The molecule has 3 aromatic rings. The molecule has 1 unspecified atom stereocenters. The van der Waals surface area contributed by atoms with Gasteiger partial charge in [-0.15, -0.1) is 11.3 Å². The van der Waals surface area contributed by atoms with Crippen LogP contribution in [0.2, 0.25) is 0 Å². The minimum atomic E-state index is -0.236. The Labute approximate surface area is 132 Å². The molecule has 1 aromatic carbocycles. The van der Waals surface area contributed by atoms with E-state index in [1.165, 1.54) is 0 Å². The lowest BCUT2D eigenvalue weighted by Gasteiger charge is -2.15. The minimum Gasteiger partial charge on any atom is -0.331 e. The first-order valence-electron chi connectivity index (χ1n) is 6.94. The topological polar surface area (TPSA) is 59.0 Å². The van der Waals surface area contributed by atoms with Crippen molar-refractivity contribution in [2.75, 3.05) is 5.32 Å². The molecular formula is C16H16N4OS. The fourth-order valence-electron chi connectivity index (χ4n) is 2.15. The smallest absolute Gasteiger partial charge is 0.319 e. The molecule has 0 bridgehead atoms. The van der Waals surface area contributed by atoms with Crippen molar-refractivity contribution < 1.29 is 4.79 Å². The van der Waals surface area contributed by atoms with Gasteiger partial charge in [-0.25, -0.2) is 9.48 Å². The molecule has 0 spiro atoms. The third-order valence-corrected chi connectivity index (χ3v) is 4.28. The molecule has 0 aliphatic heterocycles. The third-order valence-electron chi connectivity index (χ3n) is 3.22. The molecule has 1 atom stereocenters. The minimum absolute atomic E-state index is 0.0307. The number of hydrogen-bond acceptors (Lipinski definition) is 3. The summed E-state index contributed by atoms with van der Waals surface area (Å²) in [4.78, 5) is 13.3. The summed E-state index contributed by atoms with van der Waals surface area (Å²) in [6.07, 6.45) is 3.54. The standard InChI is InChI=1S/C16H16N4OS/c1-12(15-8-4-11-22-15)18-16(21)19-13-6-2-3-7-14(13)20-10-5-9-17-20/h2-12H,1H3,(H2,18,19,21). The number of rotatable bonds is 4. The van der Waals surface area contributed by atoms with Crippen molar-refractivity contribution in [2.24, 2.45) is 0 Å². The predicted molar refractivity (Wildman–Crippen MR) is 88.5 cm³/mol. The average Bonchev–Trinajstić information content (AvgIpc) is 3.21. The number of hydrogen-bond donors (Lipinski definition) is 2. The second-order valence-electron chi connectivity index (χ2n) is 4.80. The van der Waals surface area contributed by atoms with Crippen molar-refractivity contribution in [2.45, 2.75) is 13.0 Å². The van der Waals surface area contributed by atoms with E-state index < -0.39 is 0 Å². The molecule has 0 aliphatic carbocycles. The molecule has 0 aliphatic rings. The molecule has 0 radical (unpaired) electrons. The largest absolute Gasteiger partial charge is 0.331 e. The number of thiophene rings is 1. The van der Waals surface area contributed by atoms with Crippen LogP contribution < -0.4 is 10.6 Å². The lowest BCUT2D eigenvalue weighted by molar-refractivity contribution is 0.249. The van der Waals surface area contributed by atoms with Gasteiger partial charge >= 0.3 is 6.03 Å². The van der Waals surface area contributed by atoms with Crippen LogP contribution in [0, 0.1) is 0 Å². The maximum absolute atomic E-state index is 12.2. The van der Waals surface area contributed by atoms with Crippen molar-refractivity contribution in [1.29, 1.82) is 0 Å². The number of aromatic nitrogens is 2. The third kappa shape index (κ3) is 3.17. The second kappa shape index (κ2) is 6.44. The monoisotopic (exact) mass is 312 g/mol. The molecule has 112 valence electrons. The van der Waals surface area contributed by atoms with Crippen LogP contribution in [0.4, 0.5) is 10.5 Å². The van der Waals surface area contributed by atoms with Crippen LogP contribution in [-0.4, -0.2) is 15.8 Å². The predicted octanol–water partition coefficient (Wildman–Crippen LogP) is 3.82. The number of nitrogens with one attached hydrogen (secondary N) is 2. The lowest BCUT2D eigenvalue weighted by atomic mass is 10.2. The van der Waals surface area contributed by atoms with Gasteiger partial charge in [0.1, 0.15) is 0 Å². The van der Waals surface area contributed by atoms with Crippen LogP contribution in [0.15, 0.2) is 60.2 Å². The number of urea groups is 1. The second-order valence-corrected chi connectivity index (χ2v) is 5.78. The van der Waals surface area contributed by atoms with E-state index in [-0.39, 0.29) is 12.1 Å². The average molecular weight is 312 g/mol. The van der Waals surface area contributed by atoms with Crippen molar-refractivity contribution >= 4 is 23.1 Å². The van der Waals surface area contributed by atoms with Gasteiger partial charge in [0, 0.05) is 17.3 Å². The highest BCUT2D eigenvalue weighted by Crippen LogP contribution is 2.20. The number of carbonyl (C=O) groups excluding carboxylic acids is 1. The summed E-state index contributed by atoms with van der Waals surface area (Å²) in [6.45, 7) is 1.96. The van der Waals surface area contributed by atoms with Crippen LogP contribution in [-0.2, 0) is 0 Å². The van der Waals surface area contributed by atoms with Crippen molar-refractivity contribution in [3.8, 4) is 5.69 Å². The molecule has 0 saturated carbocycles. The molecule has 2 aromatic heterocycles. The van der Waals surface area contributed by atoms with E-state index in [9.17, 15) is 4.79 Å². The highest BCUT2D eigenvalue weighted by Gasteiger charge is 2.12. The molecule has 3 rings (SSSR count). The molecule has 2 amide bonds. The fourth-order valence-corrected chi connectivity index (χ4v) is 2.89. The summed E-state index contributed by atoms with van der Waals surface area (Å²) >= 11 is 1.62. The van der Waals surface area contributed by atoms with Gasteiger partial charge in [-0.3, -0.25) is 0 Å². The number of carbonyl (C=O) groups is 1. The Kier molecular flexibility index (Phi) is 4.20. The van der Waals surface area contributed by atoms with E-state index in [4.69, 9.17) is 0 Å². The maximum Gasteiger partial charge on any atom is 0.319 e. The Balaban J connectivity index is 1.72. The summed E-state index contributed by atoms with van der Waals surface area (Å²) < 4.78 is 1.72. The highest BCUT2D eigenvalue weighted by molar-refractivity contribution is 7.10. The summed E-state index contributed by atoms with van der Waals surface area (Å²) in [7, 11) is 0. The van der Waals surface area contributed by atoms with Crippen molar-refractivity contribution in [3.63, 3.8) is 0 Å². The molecule has 22 heavy (non-hydrogen) atoms. The quantitative estimate of drug-likeness (QED) is 0.769. The summed E-state index contributed by atoms with van der Waals surface area (Å²) in [5.74, 6) is 0. The Morgan fingerprint density at radius 1 is 1.23 bits per heavy atom. The van der Waals surface area contributed by atoms with Gasteiger partial charge in [-0.2, -0.15) is 5.10 Å². The van der Waals surface area contributed by atoms with E-state index in [0.717, 1.165) is 10.6 Å². The zero-order valence-electron chi connectivity index (χ0n) is 12.1. The Morgan fingerprint density at radius 3 is 2.82 bits per heavy atom. The van der Waals surface area contributed by atoms with Crippen LogP contribution in [0.3, 0.4) is 0 Å². The number of nitrogens with zero attached hydrogens (tertiary/aromatic N) is 2. The normalized spacial score (nSPS) is 11.9. The van der Waals surface area contributed by atoms with E-state index in [0.29, 0.717) is 5.69 Å². The first-order valence-corrected chi connectivity index (χ1v) is 7.82. The van der Waals surface area contributed by atoms with Gasteiger partial charge in [0.15, 0.2) is 0 Å². The number of anilines is 1. The van der Waals surface area contributed by atoms with E-state index in [1.807, 2.05) is 61.0 Å². The van der Waals surface area contributed by atoms with Crippen LogP contribution in [0.1, 0.15) is 17.8 Å². The van der Waals surface area contributed by atoms with Gasteiger partial charge in [0.05, 0.1) is 17.4 Å². The van der Waals surface area contributed by atoms with Crippen molar-refractivity contribution in [1.82, 2.24) is 15.1 Å². The number of benzene rings is 1. The zero-order chi connectivity index (χ0) is 15.4. The van der Waals surface area contributed by atoms with E-state index in [1.54, 1.807) is 22.2 Å². The molecule has 2 N–H and O–H groups in total. The molecule has 2 heterocycles. The fraction of sp³-hybridized carbons (Fsp3) is 0.125. The molecule has 0 fully saturated rings. The molecule has 0 saturated heterocycles. The Bertz CT molecular complexity index is 737. The summed E-state index contributed by atoms with van der Waals surface area (Å²) in [5, 5.41) is 12.0.